The van der Waals surface area contributed by atoms with E-state index in [4.69, 9.17) is 0 Å². The summed E-state index contributed by atoms with van der Waals surface area (Å²) in [5, 5.41) is 4.44. The molecule has 1 heterocycles. The molecule has 0 bridgehead atoms. The summed E-state index contributed by atoms with van der Waals surface area (Å²) in [5.41, 5.74) is 2.05. The molecule has 2 rings (SSSR count). The molecule has 1 aromatic carbocycles. The second-order valence-corrected chi connectivity index (χ2v) is 5.97. The molecule has 3 nitrogen and oxygen atoms in total. The van der Waals surface area contributed by atoms with Crippen LogP contribution >= 0.6 is 0 Å². The predicted molar refractivity (Wildman–Crippen MR) is 77.0 cm³/mol. The standard InChI is InChI=1S/C14H18N2OS/c1-2-18(17)10-9-15-11-13-8-7-12-5-3-4-6-14(12)16-13/h3-8,15H,2,9-11H2,1H3. The summed E-state index contributed by atoms with van der Waals surface area (Å²) in [6.07, 6.45) is 0. The molecular formula is C14H18N2OS. The minimum Gasteiger partial charge on any atom is -0.310 e. The normalized spacial score (nSPS) is 12.7. The fraction of sp³-hybridized carbons (Fsp3) is 0.357. The van der Waals surface area contributed by atoms with E-state index in [1.807, 2.05) is 31.2 Å². The van der Waals surface area contributed by atoms with Gasteiger partial charge in [0.05, 0.1) is 11.2 Å². The highest BCUT2D eigenvalue weighted by molar-refractivity contribution is 7.84. The minimum absolute atomic E-state index is 0.690. The summed E-state index contributed by atoms with van der Waals surface area (Å²) in [4.78, 5) is 4.57. The van der Waals surface area contributed by atoms with E-state index in [1.165, 1.54) is 0 Å². The van der Waals surface area contributed by atoms with E-state index in [1.54, 1.807) is 0 Å². The molecule has 0 spiro atoms. The monoisotopic (exact) mass is 262 g/mol. The van der Waals surface area contributed by atoms with Gasteiger partial charge in [0.2, 0.25) is 0 Å². The van der Waals surface area contributed by atoms with Crippen LogP contribution in [-0.4, -0.2) is 27.2 Å². The number of rotatable bonds is 6. The van der Waals surface area contributed by atoms with E-state index < -0.39 is 10.8 Å². The molecule has 1 aromatic heterocycles. The first-order valence-corrected chi connectivity index (χ1v) is 7.69. The van der Waals surface area contributed by atoms with Gasteiger partial charge in [-0.25, -0.2) is 0 Å². The van der Waals surface area contributed by atoms with Gasteiger partial charge in [0.1, 0.15) is 0 Å². The molecule has 0 aliphatic heterocycles. The van der Waals surface area contributed by atoms with Gasteiger partial charge in [-0.15, -0.1) is 0 Å². The maximum atomic E-state index is 11.3. The molecule has 18 heavy (non-hydrogen) atoms. The van der Waals surface area contributed by atoms with Crippen LogP contribution in [-0.2, 0) is 17.3 Å². The van der Waals surface area contributed by atoms with Crippen LogP contribution in [0.1, 0.15) is 12.6 Å². The van der Waals surface area contributed by atoms with Crippen molar-refractivity contribution in [2.75, 3.05) is 18.1 Å². The first-order valence-electron chi connectivity index (χ1n) is 6.20. The maximum absolute atomic E-state index is 11.3. The van der Waals surface area contributed by atoms with Crippen molar-refractivity contribution < 1.29 is 4.21 Å². The van der Waals surface area contributed by atoms with Gasteiger partial charge in [-0.05, 0) is 12.1 Å². The van der Waals surface area contributed by atoms with Crippen molar-refractivity contribution in [1.82, 2.24) is 10.3 Å². The molecule has 96 valence electrons. The summed E-state index contributed by atoms with van der Waals surface area (Å²) < 4.78 is 11.3. The molecule has 4 heteroatoms. The van der Waals surface area contributed by atoms with E-state index >= 15 is 0 Å². The average Bonchev–Trinajstić information content (AvgIpc) is 2.43. The first-order chi connectivity index (χ1) is 8.79. The second kappa shape index (κ2) is 6.61. The van der Waals surface area contributed by atoms with Crippen molar-refractivity contribution in [2.24, 2.45) is 0 Å². The van der Waals surface area contributed by atoms with Crippen molar-refractivity contribution in [3.63, 3.8) is 0 Å². The third kappa shape index (κ3) is 3.62. The third-order valence-electron chi connectivity index (χ3n) is 2.79. The number of pyridine rings is 1. The molecule has 0 aliphatic carbocycles. The summed E-state index contributed by atoms with van der Waals surface area (Å²) in [5.74, 6) is 1.44. The van der Waals surface area contributed by atoms with Crippen LogP contribution in [0.25, 0.3) is 10.9 Å². The van der Waals surface area contributed by atoms with Gasteiger partial charge in [-0.3, -0.25) is 9.19 Å². The third-order valence-corrected chi connectivity index (χ3v) is 4.09. The number of nitrogens with one attached hydrogen (secondary N) is 1. The molecular weight excluding hydrogens is 244 g/mol. The van der Waals surface area contributed by atoms with Gasteiger partial charge >= 0.3 is 0 Å². The molecule has 0 aliphatic rings. The Balaban J connectivity index is 1.90. The fourth-order valence-electron chi connectivity index (χ4n) is 1.75. The van der Waals surface area contributed by atoms with Crippen molar-refractivity contribution in [3.05, 3.63) is 42.1 Å². The average molecular weight is 262 g/mol. The van der Waals surface area contributed by atoms with Gasteiger partial charge in [0.25, 0.3) is 0 Å². The molecule has 0 amide bonds. The lowest BCUT2D eigenvalue weighted by atomic mass is 10.2. The zero-order chi connectivity index (χ0) is 12.8. The molecule has 0 saturated carbocycles. The number of fused-ring (bicyclic) bond motifs is 1. The molecule has 0 fully saturated rings. The van der Waals surface area contributed by atoms with Crippen molar-refractivity contribution >= 4 is 21.7 Å². The van der Waals surface area contributed by atoms with Crippen molar-refractivity contribution in [1.29, 1.82) is 0 Å². The number of hydrogen-bond acceptors (Lipinski definition) is 3. The van der Waals surface area contributed by atoms with Crippen LogP contribution in [0.4, 0.5) is 0 Å². The van der Waals surface area contributed by atoms with Crippen LogP contribution in [0.15, 0.2) is 36.4 Å². The molecule has 1 unspecified atom stereocenters. The number of hydrogen-bond donors (Lipinski definition) is 1. The molecule has 2 aromatic rings. The zero-order valence-electron chi connectivity index (χ0n) is 10.6. The van der Waals surface area contributed by atoms with Gasteiger partial charge in [0.15, 0.2) is 0 Å². The number of aromatic nitrogens is 1. The van der Waals surface area contributed by atoms with Crippen LogP contribution in [0, 0.1) is 0 Å². The smallest absolute Gasteiger partial charge is 0.0705 e. The number of benzene rings is 1. The van der Waals surface area contributed by atoms with Crippen LogP contribution < -0.4 is 5.32 Å². The fourth-order valence-corrected chi connectivity index (χ4v) is 2.41. The number of para-hydroxylation sites is 1. The molecule has 0 saturated heterocycles. The highest BCUT2D eigenvalue weighted by atomic mass is 32.2. The zero-order valence-corrected chi connectivity index (χ0v) is 11.4. The van der Waals surface area contributed by atoms with Crippen LogP contribution in [0.3, 0.4) is 0 Å². The Labute approximate surface area is 110 Å². The van der Waals surface area contributed by atoms with E-state index in [2.05, 4.69) is 22.4 Å². The summed E-state index contributed by atoms with van der Waals surface area (Å²) >= 11 is 0. The Morgan fingerprint density at radius 3 is 2.89 bits per heavy atom. The van der Waals surface area contributed by atoms with E-state index in [0.717, 1.165) is 35.4 Å². The highest BCUT2D eigenvalue weighted by Crippen LogP contribution is 2.11. The molecule has 1 atom stereocenters. The van der Waals surface area contributed by atoms with Gasteiger partial charge in [-0.1, -0.05) is 31.2 Å². The van der Waals surface area contributed by atoms with Crippen LogP contribution in [0.5, 0.6) is 0 Å². The Bertz CT molecular complexity index is 542. The van der Waals surface area contributed by atoms with Crippen LogP contribution in [0.2, 0.25) is 0 Å². The summed E-state index contributed by atoms with van der Waals surface area (Å²) in [6, 6.07) is 12.2. The predicted octanol–water partition coefficient (Wildman–Crippen LogP) is 2.09. The summed E-state index contributed by atoms with van der Waals surface area (Å²) in [7, 11) is -0.690. The Morgan fingerprint density at radius 1 is 1.22 bits per heavy atom. The lowest BCUT2D eigenvalue weighted by molar-refractivity contribution is 0.671. The SMILES string of the molecule is CCS(=O)CCNCc1ccc2ccccc2n1. The van der Waals surface area contributed by atoms with Gasteiger partial charge in [0, 0.05) is 40.8 Å². The lowest BCUT2D eigenvalue weighted by Crippen LogP contribution is -2.21. The van der Waals surface area contributed by atoms with E-state index in [0.29, 0.717) is 5.75 Å². The van der Waals surface area contributed by atoms with E-state index in [9.17, 15) is 4.21 Å². The Kier molecular flexibility index (Phi) is 4.84. The van der Waals surface area contributed by atoms with Gasteiger partial charge in [-0.2, -0.15) is 0 Å². The van der Waals surface area contributed by atoms with Crippen molar-refractivity contribution in [3.8, 4) is 0 Å². The first kappa shape index (κ1) is 13.2. The van der Waals surface area contributed by atoms with E-state index in [-0.39, 0.29) is 0 Å². The highest BCUT2D eigenvalue weighted by Gasteiger charge is 1.99. The lowest BCUT2D eigenvalue weighted by Gasteiger charge is -2.05. The quantitative estimate of drug-likeness (QED) is 0.811. The largest absolute Gasteiger partial charge is 0.310 e. The van der Waals surface area contributed by atoms with Gasteiger partial charge < -0.3 is 5.32 Å². The molecule has 1 N–H and O–H groups in total. The van der Waals surface area contributed by atoms with Crippen molar-refractivity contribution in [2.45, 2.75) is 13.5 Å². The second-order valence-electron chi connectivity index (χ2n) is 4.10. The molecule has 0 radical (unpaired) electrons. The topological polar surface area (TPSA) is 42.0 Å². The Hall–Kier alpha value is -1.26. The Morgan fingerprint density at radius 2 is 2.06 bits per heavy atom. The summed E-state index contributed by atoms with van der Waals surface area (Å²) in [6.45, 7) is 3.45. The number of nitrogens with zero attached hydrogens (tertiary/aromatic N) is 1. The minimum atomic E-state index is -0.690. The maximum Gasteiger partial charge on any atom is 0.0705 e.